The zero-order valence-corrected chi connectivity index (χ0v) is 15.2. The number of anilines is 2. The van der Waals surface area contributed by atoms with Crippen LogP contribution in [-0.2, 0) is 19.6 Å². The van der Waals surface area contributed by atoms with Crippen molar-refractivity contribution in [2.24, 2.45) is 0 Å². The molecule has 0 aromatic heterocycles. The van der Waals surface area contributed by atoms with Gasteiger partial charge in [0.15, 0.2) is 0 Å². The topological polar surface area (TPSA) is 84.9 Å². The van der Waals surface area contributed by atoms with E-state index in [-0.39, 0.29) is 17.4 Å². The molecule has 2 aromatic rings. The Morgan fingerprint density at radius 3 is 2.58 bits per heavy atom. The highest BCUT2D eigenvalue weighted by atomic mass is 32.2. The Hall–Kier alpha value is -2.58. The van der Waals surface area contributed by atoms with E-state index in [4.69, 9.17) is 9.47 Å². The third-order valence-electron chi connectivity index (χ3n) is 3.88. The largest absolute Gasteiger partial charge is 0.492 e. The van der Waals surface area contributed by atoms with Crippen LogP contribution in [0.4, 0.5) is 11.4 Å². The predicted octanol–water partition coefficient (Wildman–Crippen LogP) is 2.25. The molecular formula is C18H20N2O5S. The average Bonchev–Trinajstić information content (AvgIpc) is 2.64. The average molecular weight is 376 g/mol. The van der Waals surface area contributed by atoms with E-state index in [1.807, 2.05) is 6.92 Å². The minimum absolute atomic E-state index is 0.0375. The van der Waals surface area contributed by atoms with Crippen LogP contribution in [0.15, 0.2) is 53.4 Å². The molecule has 2 aromatic carbocycles. The van der Waals surface area contributed by atoms with Crippen LogP contribution in [0.2, 0.25) is 0 Å². The summed E-state index contributed by atoms with van der Waals surface area (Å²) in [6.45, 7) is 3.21. The first-order valence-corrected chi connectivity index (χ1v) is 9.72. The van der Waals surface area contributed by atoms with Crippen molar-refractivity contribution in [1.29, 1.82) is 0 Å². The minimum Gasteiger partial charge on any atom is -0.492 e. The fourth-order valence-electron chi connectivity index (χ4n) is 2.63. The van der Waals surface area contributed by atoms with E-state index in [1.165, 1.54) is 12.1 Å². The van der Waals surface area contributed by atoms with Gasteiger partial charge < -0.3 is 14.4 Å². The number of carbonyl (C=O) groups is 1. The third-order valence-corrected chi connectivity index (χ3v) is 5.26. The van der Waals surface area contributed by atoms with Gasteiger partial charge in [-0.05, 0) is 43.3 Å². The molecule has 0 spiro atoms. The molecule has 1 N–H and O–H groups in total. The molecule has 3 rings (SSSR count). The third kappa shape index (κ3) is 3.97. The Bertz CT molecular complexity index is 881. The number of carbonyl (C=O) groups excluding carboxylic acids is 1. The Kier molecular flexibility index (Phi) is 5.43. The molecule has 8 heteroatoms. The summed E-state index contributed by atoms with van der Waals surface area (Å²) in [6, 6.07) is 13.0. The van der Waals surface area contributed by atoms with Gasteiger partial charge in [0.25, 0.3) is 15.9 Å². The maximum Gasteiger partial charge on any atom is 0.262 e. The first-order valence-electron chi connectivity index (χ1n) is 8.24. The molecule has 1 heterocycles. The SMILES string of the molecule is CCOc1ccccc1NS(=O)(=O)c1ccc(N2CCOCC2=O)cc1. The number of amides is 1. The molecular weight excluding hydrogens is 356 g/mol. The molecule has 1 amide bonds. The van der Waals surface area contributed by atoms with Crippen LogP contribution >= 0.6 is 0 Å². The molecule has 7 nitrogen and oxygen atoms in total. The predicted molar refractivity (Wildman–Crippen MR) is 98.0 cm³/mol. The monoisotopic (exact) mass is 376 g/mol. The van der Waals surface area contributed by atoms with Crippen molar-refractivity contribution < 1.29 is 22.7 Å². The number of morpholine rings is 1. The molecule has 26 heavy (non-hydrogen) atoms. The van der Waals surface area contributed by atoms with Crippen molar-refractivity contribution in [2.45, 2.75) is 11.8 Å². The highest BCUT2D eigenvalue weighted by Gasteiger charge is 2.21. The van der Waals surface area contributed by atoms with Gasteiger partial charge in [-0.15, -0.1) is 0 Å². The molecule has 1 saturated heterocycles. The van der Waals surface area contributed by atoms with Crippen LogP contribution in [0.25, 0.3) is 0 Å². The van der Waals surface area contributed by atoms with Gasteiger partial charge >= 0.3 is 0 Å². The highest BCUT2D eigenvalue weighted by Crippen LogP contribution is 2.27. The Morgan fingerprint density at radius 1 is 1.15 bits per heavy atom. The summed E-state index contributed by atoms with van der Waals surface area (Å²) in [7, 11) is -3.77. The number of ether oxygens (including phenoxy) is 2. The molecule has 0 saturated carbocycles. The summed E-state index contributed by atoms with van der Waals surface area (Å²) in [4.78, 5) is 13.6. The van der Waals surface area contributed by atoms with Crippen molar-refractivity contribution in [3.05, 3.63) is 48.5 Å². The van der Waals surface area contributed by atoms with Gasteiger partial charge in [-0.1, -0.05) is 12.1 Å². The molecule has 1 aliphatic rings. The zero-order chi connectivity index (χ0) is 18.6. The Morgan fingerprint density at radius 2 is 1.88 bits per heavy atom. The number of para-hydroxylation sites is 2. The second-order valence-corrected chi connectivity index (χ2v) is 7.31. The van der Waals surface area contributed by atoms with Crippen molar-refractivity contribution >= 4 is 27.3 Å². The lowest BCUT2D eigenvalue weighted by Crippen LogP contribution is -2.41. The van der Waals surface area contributed by atoms with Gasteiger partial charge in [-0.3, -0.25) is 9.52 Å². The number of nitrogens with zero attached hydrogens (tertiary/aromatic N) is 1. The van der Waals surface area contributed by atoms with E-state index in [2.05, 4.69) is 4.72 Å². The van der Waals surface area contributed by atoms with Gasteiger partial charge in [0.2, 0.25) is 0 Å². The lowest BCUT2D eigenvalue weighted by atomic mass is 10.2. The maximum absolute atomic E-state index is 12.6. The van der Waals surface area contributed by atoms with Crippen LogP contribution in [0.3, 0.4) is 0 Å². The number of hydrogen-bond donors (Lipinski definition) is 1. The number of nitrogens with one attached hydrogen (secondary N) is 1. The Labute approximate surface area is 152 Å². The fourth-order valence-corrected chi connectivity index (χ4v) is 3.70. The van der Waals surface area contributed by atoms with Gasteiger partial charge in [0.1, 0.15) is 12.4 Å². The summed E-state index contributed by atoms with van der Waals surface area (Å²) < 4.78 is 38.4. The van der Waals surface area contributed by atoms with Crippen LogP contribution in [0.5, 0.6) is 5.75 Å². The fraction of sp³-hybridized carbons (Fsp3) is 0.278. The number of hydrogen-bond acceptors (Lipinski definition) is 5. The normalized spacial score (nSPS) is 15.0. The van der Waals surface area contributed by atoms with Crippen LogP contribution in [0.1, 0.15) is 6.92 Å². The summed E-state index contributed by atoms with van der Waals surface area (Å²) in [5.74, 6) is 0.324. The lowest BCUT2D eigenvalue weighted by molar-refractivity contribution is -0.125. The second-order valence-electron chi connectivity index (χ2n) is 5.63. The zero-order valence-electron chi connectivity index (χ0n) is 14.3. The van der Waals surface area contributed by atoms with E-state index < -0.39 is 10.0 Å². The van der Waals surface area contributed by atoms with Gasteiger partial charge in [0, 0.05) is 12.2 Å². The first-order chi connectivity index (χ1) is 12.5. The van der Waals surface area contributed by atoms with Crippen LogP contribution in [-0.4, -0.2) is 40.7 Å². The summed E-state index contributed by atoms with van der Waals surface area (Å²) in [5, 5.41) is 0. The molecule has 0 atom stereocenters. The summed E-state index contributed by atoms with van der Waals surface area (Å²) >= 11 is 0. The van der Waals surface area contributed by atoms with Gasteiger partial charge in [-0.25, -0.2) is 8.42 Å². The summed E-state index contributed by atoms with van der Waals surface area (Å²) in [5.41, 5.74) is 1.02. The van der Waals surface area contributed by atoms with E-state index in [9.17, 15) is 13.2 Å². The molecule has 0 bridgehead atoms. The van der Waals surface area contributed by atoms with Crippen LogP contribution < -0.4 is 14.4 Å². The molecule has 0 unspecified atom stereocenters. The van der Waals surface area contributed by atoms with Crippen molar-refractivity contribution in [1.82, 2.24) is 0 Å². The lowest BCUT2D eigenvalue weighted by Gasteiger charge is -2.26. The molecule has 0 radical (unpaired) electrons. The van der Waals surface area contributed by atoms with Crippen LogP contribution in [0, 0.1) is 0 Å². The maximum atomic E-state index is 12.6. The number of rotatable bonds is 6. The number of benzene rings is 2. The van der Waals surface area contributed by atoms with E-state index >= 15 is 0 Å². The highest BCUT2D eigenvalue weighted by molar-refractivity contribution is 7.92. The molecule has 1 aliphatic heterocycles. The minimum atomic E-state index is -3.77. The van der Waals surface area contributed by atoms with Crippen molar-refractivity contribution in [3.8, 4) is 5.75 Å². The van der Waals surface area contributed by atoms with Gasteiger partial charge in [0.05, 0.1) is 23.8 Å². The number of sulfonamides is 1. The van der Waals surface area contributed by atoms with E-state index in [0.29, 0.717) is 36.9 Å². The Balaban J connectivity index is 1.81. The summed E-state index contributed by atoms with van der Waals surface area (Å²) in [6.07, 6.45) is 0. The van der Waals surface area contributed by atoms with E-state index in [1.54, 1.807) is 41.3 Å². The molecule has 1 fully saturated rings. The smallest absolute Gasteiger partial charge is 0.262 e. The van der Waals surface area contributed by atoms with Crippen molar-refractivity contribution in [2.75, 3.05) is 36.0 Å². The van der Waals surface area contributed by atoms with Crippen molar-refractivity contribution in [3.63, 3.8) is 0 Å². The second kappa shape index (κ2) is 7.76. The van der Waals surface area contributed by atoms with E-state index in [0.717, 1.165) is 0 Å². The standard InChI is InChI=1S/C18H20N2O5S/c1-2-25-17-6-4-3-5-16(17)19-26(22,23)15-9-7-14(8-10-15)20-11-12-24-13-18(20)21/h3-10,19H,2,11-13H2,1H3. The first kappa shape index (κ1) is 18.2. The quantitative estimate of drug-likeness (QED) is 0.836. The molecule has 138 valence electrons. The van der Waals surface area contributed by atoms with Gasteiger partial charge in [-0.2, -0.15) is 0 Å². The molecule has 0 aliphatic carbocycles.